The summed E-state index contributed by atoms with van der Waals surface area (Å²) in [5.74, 6) is 0. The first-order chi connectivity index (χ1) is 8.38. The fraction of sp³-hybridized carbons (Fsp3) is 0.500. The average Bonchev–Trinajstić information content (AvgIpc) is 2.27. The van der Waals surface area contributed by atoms with E-state index >= 15 is 0 Å². The third-order valence-electron chi connectivity index (χ3n) is 2.33. The molecule has 0 unspecified atom stereocenters. The minimum Gasteiger partial charge on any atom is -0.371 e. The molecule has 0 heterocycles. The molecule has 0 aliphatic rings. The highest BCUT2D eigenvalue weighted by Crippen LogP contribution is 2.16. The van der Waals surface area contributed by atoms with E-state index < -0.39 is 12.8 Å². The molecule has 1 aromatic carbocycles. The van der Waals surface area contributed by atoms with Crippen molar-refractivity contribution in [2.45, 2.75) is 19.1 Å². The maximum Gasteiger partial charge on any atom is 0.411 e. The minimum atomic E-state index is -4.26. The summed E-state index contributed by atoms with van der Waals surface area (Å²) in [6, 6.07) is 7.33. The predicted octanol–water partition coefficient (Wildman–Crippen LogP) is 3.57. The zero-order chi connectivity index (χ0) is 13.6. The normalized spacial score (nSPS) is 13.6. The largest absolute Gasteiger partial charge is 0.411 e. The van der Waals surface area contributed by atoms with Crippen molar-refractivity contribution in [3.05, 3.63) is 34.9 Å². The quantitative estimate of drug-likeness (QED) is 0.805. The second kappa shape index (κ2) is 6.97. The zero-order valence-corrected chi connectivity index (χ0v) is 10.7. The molecule has 0 aliphatic heterocycles. The van der Waals surface area contributed by atoms with Crippen LogP contribution in [-0.4, -0.2) is 25.9 Å². The summed E-state index contributed by atoms with van der Waals surface area (Å²) in [6.45, 7) is 1.11. The van der Waals surface area contributed by atoms with Crippen LogP contribution in [0, 0.1) is 0 Å². The summed E-state index contributed by atoms with van der Waals surface area (Å²) >= 11 is 5.76. The summed E-state index contributed by atoms with van der Waals surface area (Å²) in [5, 5.41) is 3.72. The van der Waals surface area contributed by atoms with Gasteiger partial charge in [0.15, 0.2) is 0 Å². The van der Waals surface area contributed by atoms with Gasteiger partial charge in [-0.25, -0.2) is 0 Å². The molecule has 0 saturated heterocycles. The number of nitrogens with one attached hydrogen (secondary N) is 1. The Balaban J connectivity index is 2.21. The lowest BCUT2D eigenvalue weighted by Crippen LogP contribution is -2.25. The van der Waals surface area contributed by atoms with E-state index in [0.717, 1.165) is 5.56 Å². The highest BCUT2D eigenvalue weighted by atomic mass is 35.5. The molecular weight excluding hydrogens is 267 g/mol. The van der Waals surface area contributed by atoms with Gasteiger partial charge in [0.2, 0.25) is 0 Å². The molecule has 102 valence electrons. The van der Waals surface area contributed by atoms with Crippen LogP contribution in [0.3, 0.4) is 0 Å². The van der Waals surface area contributed by atoms with Gasteiger partial charge in [-0.05, 0) is 24.6 Å². The smallest absolute Gasteiger partial charge is 0.371 e. The molecule has 0 spiro atoms. The summed E-state index contributed by atoms with van der Waals surface area (Å²) in [7, 11) is 0. The van der Waals surface area contributed by atoms with Gasteiger partial charge in [-0.3, -0.25) is 0 Å². The van der Waals surface area contributed by atoms with Gasteiger partial charge in [-0.15, -0.1) is 0 Å². The molecule has 0 radical (unpaired) electrons. The topological polar surface area (TPSA) is 21.3 Å². The summed E-state index contributed by atoms with van der Waals surface area (Å²) < 4.78 is 39.9. The molecule has 1 atom stereocenters. The van der Waals surface area contributed by atoms with Crippen LogP contribution in [0.15, 0.2) is 24.3 Å². The van der Waals surface area contributed by atoms with E-state index in [1.165, 1.54) is 0 Å². The molecule has 0 saturated carbocycles. The van der Waals surface area contributed by atoms with Gasteiger partial charge >= 0.3 is 6.18 Å². The van der Waals surface area contributed by atoms with Crippen LogP contribution < -0.4 is 5.32 Å². The number of rotatable bonds is 6. The Morgan fingerprint density at radius 3 is 2.44 bits per heavy atom. The molecular formula is C12H15ClF3NO. The molecule has 0 amide bonds. The second-order valence-electron chi connectivity index (χ2n) is 3.90. The SMILES string of the molecule is C[C@@H](NCCOCC(F)(F)F)c1ccc(Cl)cc1. The van der Waals surface area contributed by atoms with Crippen molar-refractivity contribution in [3.8, 4) is 0 Å². The van der Waals surface area contributed by atoms with E-state index in [1.54, 1.807) is 12.1 Å². The predicted molar refractivity (Wildman–Crippen MR) is 64.7 cm³/mol. The maximum atomic E-state index is 11.8. The highest BCUT2D eigenvalue weighted by molar-refractivity contribution is 6.30. The number of benzene rings is 1. The number of ether oxygens (including phenoxy) is 1. The van der Waals surface area contributed by atoms with Crippen molar-refractivity contribution >= 4 is 11.6 Å². The zero-order valence-electron chi connectivity index (χ0n) is 9.93. The van der Waals surface area contributed by atoms with Crippen LogP contribution in [0.5, 0.6) is 0 Å². The van der Waals surface area contributed by atoms with Crippen LogP contribution in [0.2, 0.25) is 5.02 Å². The average molecular weight is 282 g/mol. The van der Waals surface area contributed by atoms with E-state index in [9.17, 15) is 13.2 Å². The lowest BCUT2D eigenvalue weighted by atomic mass is 10.1. The van der Waals surface area contributed by atoms with Crippen molar-refractivity contribution in [1.29, 1.82) is 0 Å². The van der Waals surface area contributed by atoms with Crippen LogP contribution in [0.4, 0.5) is 13.2 Å². The molecule has 0 aromatic heterocycles. The van der Waals surface area contributed by atoms with Gasteiger partial charge in [-0.1, -0.05) is 23.7 Å². The van der Waals surface area contributed by atoms with E-state index in [0.29, 0.717) is 11.6 Å². The molecule has 1 N–H and O–H groups in total. The molecule has 0 aliphatic carbocycles. The van der Waals surface area contributed by atoms with Crippen LogP contribution in [0.25, 0.3) is 0 Å². The third-order valence-corrected chi connectivity index (χ3v) is 2.58. The van der Waals surface area contributed by atoms with Gasteiger partial charge in [0.25, 0.3) is 0 Å². The van der Waals surface area contributed by atoms with Crippen molar-refractivity contribution < 1.29 is 17.9 Å². The lowest BCUT2D eigenvalue weighted by Gasteiger charge is -2.14. The first-order valence-corrected chi connectivity index (χ1v) is 5.89. The van der Waals surface area contributed by atoms with E-state index in [4.69, 9.17) is 11.6 Å². The van der Waals surface area contributed by atoms with E-state index in [-0.39, 0.29) is 12.6 Å². The Hall–Kier alpha value is -0.780. The lowest BCUT2D eigenvalue weighted by molar-refractivity contribution is -0.173. The van der Waals surface area contributed by atoms with Crippen LogP contribution in [-0.2, 0) is 4.74 Å². The van der Waals surface area contributed by atoms with Crippen molar-refractivity contribution in [1.82, 2.24) is 5.32 Å². The maximum absolute atomic E-state index is 11.8. The summed E-state index contributed by atoms with van der Waals surface area (Å²) in [4.78, 5) is 0. The molecule has 18 heavy (non-hydrogen) atoms. The first-order valence-electron chi connectivity index (χ1n) is 5.52. The first kappa shape index (κ1) is 15.3. The van der Waals surface area contributed by atoms with Gasteiger partial charge in [-0.2, -0.15) is 13.2 Å². The van der Waals surface area contributed by atoms with Gasteiger partial charge in [0.1, 0.15) is 6.61 Å². The fourth-order valence-electron chi connectivity index (χ4n) is 1.40. The Labute approximate surface area is 109 Å². The van der Waals surface area contributed by atoms with Crippen molar-refractivity contribution in [2.24, 2.45) is 0 Å². The van der Waals surface area contributed by atoms with E-state index in [1.807, 2.05) is 19.1 Å². The highest BCUT2D eigenvalue weighted by Gasteiger charge is 2.27. The Morgan fingerprint density at radius 1 is 1.28 bits per heavy atom. The monoisotopic (exact) mass is 281 g/mol. The van der Waals surface area contributed by atoms with E-state index in [2.05, 4.69) is 10.1 Å². The summed E-state index contributed by atoms with van der Waals surface area (Å²) in [6.07, 6.45) is -4.26. The van der Waals surface area contributed by atoms with Crippen molar-refractivity contribution in [3.63, 3.8) is 0 Å². The van der Waals surface area contributed by atoms with Gasteiger partial charge < -0.3 is 10.1 Å². The molecule has 1 rings (SSSR count). The Morgan fingerprint density at radius 2 is 1.89 bits per heavy atom. The van der Waals surface area contributed by atoms with Gasteiger partial charge in [0.05, 0.1) is 6.61 Å². The standard InChI is InChI=1S/C12H15ClF3NO/c1-9(10-2-4-11(13)5-3-10)17-6-7-18-8-12(14,15)16/h2-5,9,17H,6-8H2,1H3/t9-/m1/s1. The molecule has 2 nitrogen and oxygen atoms in total. The number of alkyl halides is 3. The number of hydrogen-bond donors (Lipinski definition) is 1. The minimum absolute atomic E-state index is 0.0252. The second-order valence-corrected chi connectivity index (χ2v) is 4.33. The third kappa shape index (κ3) is 6.23. The molecule has 1 aromatic rings. The Bertz CT molecular complexity index is 353. The molecule has 6 heteroatoms. The van der Waals surface area contributed by atoms with Crippen LogP contribution >= 0.6 is 11.6 Å². The number of hydrogen-bond acceptors (Lipinski definition) is 2. The summed E-state index contributed by atoms with van der Waals surface area (Å²) in [5.41, 5.74) is 1.02. The molecule has 0 fully saturated rings. The molecule has 0 bridgehead atoms. The van der Waals surface area contributed by atoms with Crippen molar-refractivity contribution in [2.75, 3.05) is 19.8 Å². The number of halogens is 4. The van der Waals surface area contributed by atoms with Crippen LogP contribution in [0.1, 0.15) is 18.5 Å². The fourth-order valence-corrected chi connectivity index (χ4v) is 1.53. The van der Waals surface area contributed by atoms with Gasteiger partial charge in [0, 0.05) is 17.6 Å². The Kier molecular flexibility index (Phi) is 5.91.